The number of amides is 1. The number of carbonyl (C=O) groups is 2. The monoisotopic (exact) mass is 387 g/mol. The number of carbonyl (C=O) groups excluding carboxylic acids is 1. The van der Waals surface area contributed by atoms with E-state index >= 15 is 0 Å². The Morgan fingerprint density at radius 1 is 1.11 bits per heavy atom. The van der Waals surface area contributed by atoms with Crippen LogP contribution in [0.3, 0.4) is 0 Å². The summed E-state index contributed by atoms with van der Waals surface area (Å²) in [7, 11) is 3.01. The van der Waals surface area contributed by atoms with Gasteiger partial charge in [0.1, 0.15) is 19.0 Å². The smallest absolute Gasteiger partial charge is 0.305 e. The summed E-state index contributed by atoms with van der Waals surface area (Å²) in [4.78, 5) is 24.1. The Kier molecular flexibility index (Phi) is 5.88. The molecule has 2 aromatic carbocycles. The van der Waals surface area contributed by atoms with E-state index in [0.29, 0.717) is 41.8 Å². The van der Waals surface area contributed by atoms with Gasteiger partial charge in [0.2, 0.25) is 5.75 Å². The predicted octanol–water partition coefficient (Wildman–Crippen LogP) is 2.42. The van der Waals surface area contributed by atoms with E-state index in [1.807, 2.05) is 0 Å². The van der Waals surface area contributed by atoms with Crippen LogP contribution in [-0.2, 0) is 4.79 Å². The third kappa shape index (κ3) is 4.28. The van der Waals surface area contributed by atoms with E-state index in [9.17, 15) is 14.7 Å². The lowest BCUT2D eigenvalue weighted by Crippen LogP contribution is -2.30. The molecule has 1 aliphatic rings. The minimum absolute atomic E-state index is 0.264. The molecule has 1 heterocycles. The molecule has 28 heavy (non-hydrogen) atoms. The summed E-state index contributed by atoms with van der Waals surface area (Å²) < 4.78 is 21.5. The van der Waals surface area contributed by atoms with Gasteiger partial charge in [0, 0.05) is 5.56 Å². The Hall–Kier alpha value is -3.42. The molecule has 2 aromatic rings. The van der Waals surface area contributed by atoms with Gasteiger partial charge in [0.05, 0.1) is 26.7 Å². The first kappa shape index (κ1) is 19.3. The number of ether oxygens (including phenoxy) is 4. The molecule has 1 amide bonds. The van der Waals surface area contributed by atoms with Gasteiger partial charge in [-0.25, -0.2) is 0 Å². The van der Waals surface area contributed by atoms with Crippen LogP contribution in [0.5, 0.6) is 23.0 Å². The van der Waals surface area contributed by atoms with Crippen LogP contribution in [0.4, 0.5) is 0 Å². The zero-order valence-electron chi connectivity index (χ0n) is 15.6. The average molecular weight is 387 g/mol. The normalized spacial score (nSPS) is 13.4. The zero-order valence-corrected chi connectivity index (χ0v) is 15.6. The Morgan fingerprint density at radius 3 is 2.46 bits per heavy atom. The van der Waals surface area contributed by atoms with E-state index in [-0.39, 0.29) is 12.0 Å². The molecule has 0 aromatic heterocycles. The van der Waals surface area contributed by atoms with E-state index < -0.39 is 17.9 Å². The van der Waals surface area contributed by atoms with E-state index in [1.165, 1.54) is 13.2 Å². The summed E-state index contributed by atoms with van der Waals surface area (Å²) in [6, 6.07) is 9.24. The van der Waals surface area contributed by atoms with Gasteiger partial charge in [-0.1, -0.05) is 12.1 Å². The number of aliphatic carboxylic acids is 1. The molecule has 0 spiro atoms. The highest BCUT2D eigenvalue weighted by Crippen LogP contribution is 2.40. The third-order valence-corrected chi connectivity index (χ3v) is 4.29. The summed E-state index contributed by atoms with van der Waals surface area (Å²) in [6.45, 7) is 0.766. The topological polar surface area (TPSA) is 103 Å². The van der Waals surface area contributed by atoms with Gasteiger partial charge in [-0.05, 0) is 29.8 Å². The number of methoxy groups -OCH3 is 2. The fourth-order valence-electron chi connectivity index (χ4n) is 2.91. The molecule has 3 rings (SSSR count). The minimum atomic E-state index is -1.03. The Morgan fingerprint density at radius 2 is 1.82 bits per heavy atom. The summed E-state index contributed by atoms with van der Waals surface area (Å²) in [5.74, 6) is 0.401. The van der Waals surface area contributed by atoms with Crippen LogP contribution in [0.25, 0.3) is 0 Å². The van der Waals surface area contributed by atoms with Crippen LogP contribution < -0.4 is 24.3 Å². The van der Waals surface area contributed by atoms with Crippen molar-refractivity contribution in [2.45, 2.75) is 12.5 Å². The highest BCUT2D eigenvalue weighted by Gasteiger charge is 2.23. The first-order valence-corrected chi connectivity index (χ1v) is 8.66. The zero-order chi connectivity index (χ0) is 20.1. The molecule has 0 radical (unpaired) electrons. The first-order chi connectivity index (χ1) is 13.5. The van der Waals surface area contributed by atoms with Crippen molar-refractivity contribution in [1.29, 1.82) is 0 Å². The fraction of sp³-hybridized carbons (Fsp3) is 0.300. The molecule has 2 N–H and O–H groups in total. The summed E-state index contributed by atoms with van der Waals surface area (Å²) in [5, 5.41) is 12.0. The molecular formula is C20H21NO7. The average Bonchev–Trinajstić information content (AvgIpc) is 2.72. The number of hydrogen-bond acceptors (Lipinski definition) is 6. The van der Waals surface area contributed by atoms with Crippen molar-refractivity contribution in [3.05, 3.63) is 47.5 Å². The number of rotatable bonds is 7. The Bertz CT molecular complexity index is 846. The van der Waals surface area contributed by atoms with Crippen molar-refractivity contribution in [2.24, 2.45) is 0 Å². The van der Waals surface area contributed by atoms with Crippen molar-refractivity contribution < 1.29 is 33.6 Å². The van der Waals surface area contributed by atoms with Gasteiger partial charge in [-0.15, -0.1) is 0 Å². The maximum atomic E-state index is 12.8. The van der Waals surface area contributed by atoms with Gasteiger partial charge >= 0.3 is 5.97 Å². The highest BCUT2D eigenvalue weighted by atomic mass is 16.6. The number of nitrogens with one attached hydrogen (secondary N) is 1. The number of carboxylic acid groups (broad SMARTS) is 1. The standard InChI is InChI=1S/C20H21NO7/c1-25-14-5-3-12(4-6-14)15(11-18(22)23)21-20(24)13-9-16(26-2)19-17(10-13)27-7-8-28-19/h3-6,9-10,15H,7-8,11H2,1-2H3,(H,21,24)(H,22,23). The van der Waals surface area contributed by atoms with E-state index in [1.54, 1.807) is 37.4 Å². The van der Waals surface area contributed by atoms with Crippen molar-refractivity contribution in [1.82, 2.24) is 5.32 Å². The molecule has 1 atom stereocenters. The van der Waals surface area contributed by atoms with E-state index in [4.69, 9.17) is 18.9 Å². The molecule has 0 fully saturated rings. The van der Waals surface area contributed by atoms with Crippen molar-refractivity contribution in [3.8, 4) is 23.0 Å². The lowest BCUT2D eigenvalue weighted by atomic mass is 10.0. The van der Waals surface area contributed by atoms with Crippen molar-refractivity contribution in [2.75, 3.05) is 27.4 Å². The molecule has 8 nitrogen and oxygen atoms in total. The van der Waals surface area contributed by atoms with E-state index in [2.05, 4.69) is 5.32 Å². The van der Waals surface area contributed by atoms with Crippen LogP contribution in [0.15, 0.2) is 36.4 Å². The van der Waals surface area contributed by atoms with Gasteiger partial charge in [0.25, 0.3) is 5.91 Å². The number of hydrogen-bond donors (Lipinski definition) is 2. The number of fused-ring (bicyclic) bond motifs is 1. The lowest BCUT2D eigenvalue weighted by Gasteiger charge is -2.22. The van der Waals surface area contributed by atoms with Gasteiger partial charge in [-0.2, -0.15) is 0 Å². The van der Waals surface area contributed by atoms with Crippen LogP contribution in [0.1, 0.15) is 28.4 Å². The first-order valence-electron chi connectivity index (χ1n) is 8.66. The van der Waals surface area contributed by atoms with Crippen molar-refractivity contribution in [3.63, 3.8) is 0 Å². The second-order valence-corrected chi connectivity index (χ2v) is 6.10. The maximum Gasteiger partial charge on any atom is 0.305 e. The van der Waals surface area contributed by atoms with Crippen LogP contribution >= 0.6 is 0 Å². The number of benzene rings is 2. The van der Waals surface area contributed by atoms with Gasteiger partial charge in [0.15, 0.2) is 11.5 Å². The second kappa shape index (κ2) is 8.51. The molecule has 1 unspecified atom stereocenters. The Balaban J connectivity index is 1.86. The summed E-state index contributed by atoms with van der Waals surface area (Å²) in [5.41, 5.74) is 0.936. The second-order valence-electron chi connectivity index (χ2n) is 6.10. The molecule has 0 bridgehead atoms. The predicted molar refractivity (Wildman–Crippen MR) is 99.4 cm³/mol. The van der Waals surface area contributed by atoms with Crippen LogP contribution in [0.2, 0.25) is 0 Å². The van der Waals surface area contributed by atoms with Crippen LogP contribution in [-0.4, -0.2) is 44.4 Å². The number of carboxylic acids is 1. The maximum absolute atomic E-state index is 12.8. The summed E-state index contributed by atoms with van der Waals surface area (Å²) >= 11 is 0. The molecule has 0 saturated carbocycles. The SMILES string of the molecule is COc1ccc(C(CC(=O)O)NC(=O)c2cc(OC)c3c(c2)OCCO3)cc1. The highest BCUT2D eigenvalue weighted by molar-refractivity contribution is 5.96. The minimum Gasteiger partial charge on any atom is -0.497 e. The molecule has 0 aliphatic carbocycles. The molecular weight excluding hydrogens is 366 g/mol. The van der Waals surface area contributed by atoms with Crippen LogP contribution in [0, 0.1) is 0 Å². The van der Waals surface area contributed by atoms with E-state index in [0.717, 1.165) is 0 Å². The van der Waals surface area contributed by atoms with Crippen molar-refractivity contribution >= 4 is 11.9 Å². The Labute approximate surface area is 162 Å². The lowest BCUT2D eigenvalue weighted by molar-refractivity contribution is -0.137. The fourth-order valence-corrected chi connectivity index (χ4v) is 2.91. The third-order valence-electron chi connectivity index (χ3n) is 4.29. The van der Waals surface area contributed by atoms with Gasteiger partial charge < -0.3 is 29.4 Å². The molecule has 0 saturated heterocycles. The van der Waals surface area contributed by atoms with Gasteiger partial charge in [-0.3, -0.25) is 9.59 Å². The molecule has 148 valence electrons. The quantitative estimate of drug-likeness (QED) is 0.752. The molecule has 8 heteroatoms. The molecule has 1 aliphatic heterocycles. The summed E-state index contributed by atoms with van der Waals surface area (Å²) in [6.07, 6.45) is -0.264. The largest absolute Gasteiger partial charge is 0.497 e.